The van der Waals surface area contributed by atoms with Crippen molar-refractivity contribution < 1.29 is 24.6 Å². The van der Waals surface area contributed by atoms with Crippen molar-refractivity contribution in [1.82, 2.24) is 20.2 Å². The lowest BCUT2D eigenvalue weighted by atomic mass is 10.1. The SMILES string of the molecule is CC(SC(=O)[C@H](Cc1cncn1C)NC(=O)CCN)C(=O)NCC(O)O. The van der Waals surface area contributed by atoms with E-state index in [9.17, 15) is 14.4 Å². The predicted molar refractivity (Wildman–Crippen MR) is 95.8 cm³/mol. The van der Waals surface area contributed by atoms with E-state index >= 15 is 0 Å². The number of carbonyl (C=O) groups excluding carboxylic acids is 3. The van der Waals surface area contributed by atoms with Crippen molar-refractivity contribution in [3.63, 3.8) is 0 Å². The molecule has 0 saturated heterocycles. The van der Waals surface area contributed by atoms with Crippen molar-refractivity contribution in [3.05, 3.63) is 18.2 Å². The van der Waals surface area contributed by atoms with Gasteiger partial charge < -0.3 is 31.1 Å². The van der Waals surface area contributed by atoms with E-state index in [2.05, 4.69) is 15.6 Å². The summed E-state index contributed by atoms with van der Waals surface area (Å²) < 4.78 is 1.73. The van der Waals surface area contributed by atoms with Crippen molar-refractivity contribution in [2.24, 2.45) is 12.8 Å². The van der Waals surface area contributed by atoms with Gasteiger partial charge in [-0.05, 0) is 6.92 Å². The Kier molecular flexibility index (Phi) is 9.27. The van der Waals surface area contributed by atoms with Gasteiger partial charge >= 0.3 is 0 Å². The van der Waals surface area contributed by atoms with Gasteiger partial charge in [-0.1, -0.05) is 11.8 Å². The molecule has 0 spiro atoms. The van der Waals surface area contributed by atoms with Gasteiger partial charge in [-0.2, -0.15) is 0 Å². The molecule has 26 heavy (non-hydrogen) atoms. The van der Waals surface area contributed by atoms with Gasteiger partial charge in [-0.3, -0.25) is 14.4 Å². The second kappa shape index (κ2) is 10.9. The molecule has 2 atom stereocenters. The summed E-state index contributed by atoms with van der Waals surface area (Å²) in [5, 5.41) is 21.3. The Hall–Kier alpha value is -1.95. The lowest BCUT2D eigenvalue weighted by Gasteiger charge is -2.19. The Bertz CT molecular complexity index is 621. The maximum absolute atomic E-state index is 12.6. The normalized spacial score (nSPS) is 13.3. The maximum Gasteiger partial charge on any atom is 0.233 e. The first-order valence-corrected chi connectivity index (χ1v) is 8.91. The summed E-state index contributed by atoms with van der Waals surface area (Å²) in [4.78, 5) is 40.3. The molecular weight excluding hydrogens is 362 g/mol. The van der Waals surface area contributed by atoms with E-state index in [1.54, 1.807) is 24.1 Å². The molecule has 1 aromatic heterocycles. The Morgan fingerprint density at radius 1 is 1.38 bits per heavy atom. The van der Waals surface area contributed by atoms with Crippen molar-refractivity contribution >= 4 is 28.7 Å². The molecule has 10 nitrogen and oxygen atoms in total. The monoisotopic (exact) mass is 387 g/mol. The molecule has 0 bridgehead atoms. The van der Waals surface area contributed by atoms with Crippen LogP contribution in [0.4, 0.5) is 0 Å². The van der Waals surface area contributed by atoms with Crippen LogP contribution in [0, 0.1) is 0 Å². The fraction of sp³-hybridized carbons (Fsp3) is 0.600. The Morgan fingerprint density at radius 3 is 2.62 bits per heavy atom. The minimum atomic E-state index is -1.67. The summed E-state index contributed by atoms with van der Waals surface area (Å²) in [5.74, 6) is -0.863. The summed E-state index contributed by atoms with van der Waals surface area (Å²) in [5.41, 5.74) is 6.11. The van der Waals surface area contributed by atoms with Gasteiger partial charge in [-0.15, -0.1) is 0 Å². The van der Waals surface area contributed by atoms with E-state index in [0.717, 1.165) is 17.5 Å². The molecule has 1 rings (SSSR count). The highest BCUT2D eigenvalue weighted by atomic mass is 32.2. The first kappa shape index (κ1) is 22.1. The zero-order valence-corrected chi connectivity index (χ0v) is 15.5. The van der Waals surface area contributed by atoms with Crippen molar-refractivity contribution in [3.8, 4) is 0 Å². The first-order chi connectivity index (χ1) is 12.2. The molecule has 2 amide bonds. The average Bonchev–Trinajstić information content (AvgIpc) is 2.96. The number of aromatic nitrogens is 2. The molecule has 0 aliphatic rings. The number of thioether (sulfide) groups is 1. The van der Waals surface area contributed by atoms with Crippen molar-refractivity contribution in [2.75, 3.05) is 13.1 Å². The zero-order chi connectivity index (χ0) is 19.7. The van der Waals surface area contributed by atoms with Crippen LogP contribution >= 0.6 is 11.8 Å². The van der Waals surface area contributed by atoms with Crippen molar-refractivity contribution in [2.45, 2.75) is 37.3 Å². The van der Waals surface area contributed by atoms with Crippen LogP contribution < -0.4 is 16.4 Å². The van der Waals surface area contributed by atoms with E-state index in [4.69, 9.17) is 15.9 Å². The lowest BCUT2D eigenvalue weighted by Crippen LogP contribution is -2.44. The number of carbonyl (C=O) groups is 3. The number of hydrogen-bond acceptors (Lipinski definition) is 8. The van der Waals surface area contributed by atoms with Crippen LogP contribution in [0.15, 0.2) is 12.5 Å². The molecule has 146 valence electrons. The zero-order valence-electron chi connectivity index (χ0n) is 14.7. The number of nitrogens with zero attached hydrogens (tertiary/aromatic N) is 2. The fourth-order valence-corrected chi connectivity index (χ4v) is 2.87. The predicted octanol–water partition coefficient (Wildman–Crippen LogP) is -2.13. The molecule has 0 aliphatic heterocycles. The van der Waals surface area contributed by atoms with E-state index in [-0.39, 0.29) is 37.0 Å². The number of rotatable bonds is 10. The quantitative estimate of drug-likeness (QED) is 0.285. The molecule has 0 aromatic carbocycles. The number of imidazole rings is 1. The maximum atomic E-state index is 12.6. The van der Waals surface area contributed by atoms with Crippen LogP contribution in [0.1, 0.15) is 19.0 Å². The van der Waals surface area contributed by atoms with Gasteiger partial charge in [0.1, 0.15) is 6.04 Å². The van der Waals surface area contributed by atoms with Gasteiger partial charge in [0.25, 0.3) is 0 Å². The van der Waals surface area contributed by atoms with Crippen LogP contribution in [0.3, 0.4) is 0 Å². The molecule has 0 aliphatic carbocycles. The molecule has 6 N–H and O–H groups in total. The first-order valence-electron chi connectivity index (χ1n) is 8.03. The fourth-order valence-electron chi connectivity index (χ4n) is 2.03. The van der Waals surface area contributed by atoms with Crippen molar-refractivity contribution in [1.29, 1.82) is 0 Å². The van der Waals surface area contributed by atoms with E-state index in [1.165, 1.54) is 6.92 Å². The third kappa shape index (κ3) is 7.52. The number of amides is 2. The second-order valence-electron chi connectivity index (χ2n) is 5.66. The molecule has 11 heteroatoms. The highest BCUT2D eigenvalue weighted by molar-refractivity contribution is 8.14. The third-order valence-electron chi connectivity index (χ3n) is 3.44. The number of hydrogen-bond donors (Lipinski definition) is 5. The van der Waals surface area contributed by atoms with Gasteiger partial charge in [-0.25, -0.2) is 4.98 Å². The van der Waals surface area contributed by atoms with E-state index in [1.807, 2.05) is 0 Å². The standard InChI is InChI=1S/C15H25N5O5S/c1-9(14(24)18-7-13(22)23)26-15(25)11(19-12(21)3-4-16)5-10-6-17-8-20(10)2/h6,8-9,11,13,22-23H,3-5,7,16H2,1-2H3,(H,18,24)(H,19,21)/t9?,11-/m0/s1. The summed E-state index contributed by atoms with van der Waals surface area (Å²) in [7, 11) is 1.77. The summed E-state index contributed by atoms with van der Waals surface area (Å²) in [6.07, 6.45) is 1.83. The molecule has 1 heterocycles. The average molecular weight is 387 g/mol. The molecular formula is C15H25N5O5S. The van der Waals surface area contributed by atoms with Gasteiger partial charge in [0.2, 0.25) is 16.9 Å². The van der Waals surface area contributed by atoms with Gasteiger partial charge in [0.05, 0.1) is 18.1 Å². The van der Waals surface area contributed by atoms with Crippen LogP contribution in [-0.2, 0) is 27.9 Å². The van der Waals surface area contributed by atoms with E-state index in [0.29, 0.717) is 0 Å². The van der Waals surface area contributed by atoms with Crippen LogP contribution in [-0.4, -0.2) is 67.4 Å². The minimum absolute atomic E-state index is 0.0876. The molecule has 0 fully saturated rings. The molecule has 0 saturated carbocycles. The Labute approximate surface area is 155 Å². The second-order valence-corrected chi connectivity index (χ2v) is 7.01. The highest BCUT2D eigenvalue weighted by Gasteiger charge is 2.27. The van der Waals surface area contributed by atoms with Crippen LogP contribution in [0.5, 0.6) is 0 Å². The topological polar surface area (TPSA) is 160 Å². The minimum Gasteiger partial charge on any atom is -0.367 e. The van der Waals surface area contributed by atoms with Crippen LogP contribution in [0.25, 0.3) is 0 Å². The molecule has 1 unspecified atom stereocenters. The Morgan fingerprint density at radius 2 is 2.08 bits per heavy atom. The highest BCUT2D eigenvalue weighted by Crippen LogP contribution is 2.17. The van der Waals surface area contributed by atoms with E-state index < -0.39 is 23.5 Å². The molecule has 0 radical (unpaired) electrons. The largest absolute Gasteiger partial charge is 0.367 e. The van der Waals surface area contributed by atoms with Gasteiger partial charge in [0, 0.05) is 38.3 Å². The molecule has 1 aromatic rings. The Balaban J connectivity index is 2.74. The number of aliphatic hydroxyl groups excluding tert-OH is 1. The number of nitrogens with two attached hydrogens (primary N) is 1. The summed E-state index contributed by atoms with van der Waals surface area (Å²) >= 11 is 0.765. The smallest absolute Gasteiger partial charge is 0.233 e. The summed E-state index contributed by atoms with van der Waals surface area (Å²) in [6, 6.07) is -0.840. The summed E-state index contributed by atoms with van der Waals surface area (Å²) in [6.45, 7) is 1.35. The number of aryl methyl sites for hydroxylation is 1. The lowest BCUT2D eigenvalue weighted by molar-refractivity contribution is -0.124. The third-order valence-corrected chi connectivity index (χ3v) is 4.53. The number of nitrogens with one attached hydrogen (secondary N) is 2. The number of aliphatic hydroxyl groups is 2. The van der Waals surface area contributed by atoms with Gasteiger partial charge in [0.15, 0.2) is 6.29 Å². The van der Waals surface area contributed by atoms with Crippen LogP contribution in [0.2, 0.25) is 0 Å².